The van der Waals surface area contributed by atoms with Gasteiger partial charge in [-0.05, 0) is 37.1 Å². The van der Waals surface area contributed by atoms with E-state index in [0.717, 1.165) is 6.42 Å². The number of halogens is 1. The average Bonchev–Trinajstić information content (AvgIpc) is 2.59. The molecular weight excluding hydrogens is 332 g/mol. The van der Waals surface area contributed by atoms with E-state index >= 15 is 0 Å². The number of carbonyl (C=O) groups excluding carboxylic acids is 2. The summed E-state index contributed by atoms with van der Waals surface area (Å²) in [7, 11) is 0. The Kier molecular flexibility index (Phi) is 6.20. The molecule has 1 heterocycles. The third-order valence-corrected chi connectivity index (χ3v) is 4.43. The summed E-state index contributed by atoms with van der Waals surface area (Å²) in [6.07, 6.45) is 1.43. The molecule has 2 N–H and O–H groups in total. The summed E-state index contributed by atoms with van der Waals surface area (Å²) < 4.78 is 0. The van der Waals surface area contributed by atoms with Crippen molar-refractivity contribution in [1.29, 1.82) is 0 Å². The van der Waals surface area contributed by atoms with Gasteiger partial charge in [0.15, 0.2) is 0 Å². The van der Waals surface area contributed by atoms with Gasteiger partial charge in [-0.3, -0.25) is 14.4 Å². The van der Waals surface area contributed by atoms with Crippen molar-refractivity contribution in [3.8, 4) is 0 Å². The number of amides is 2. The van der Waals surface area contributed by atoms with Crippen LogP contribution in [0.1, 0.15) is 30.1 Å². The number of carboxylic acids is 1. The number of nitrogens with one attached hydrogen (secondary N) is 1. The van der Waals surface area contributed by atoms with Crippen LogP contribution in [0.3, 0.4) is 0 Å². The van der Waals surface area contributed by atoms with E-state index in [-0.39, 0.29) is 24.3 Å². The summed E-state index contributed by atoms with van der Waals surface area (Å²) in [5.74, 6) is -2.21. The SMILES string of the molecule is CC(CNC(=O)C1CCCN(C(=O)c2ccc(Cl)cc2)C1)C(=O)O. The molecule has 2 unspecified atom stereocenters. The van der Waals surface area contributed by atoms with Crippen LogP contribution in [0.2, 0.25) is 5.02 Å². The van der Waals surface area contributed by atoms with Crippen LogP contribution in [0.25, 0.3) is 0 Å². The highest BCUT2D eigenvalue weighted by atomic mass is 35.5. The maximum absolute atomic E-state index is 12.5. The van der Waals surface area contributed by atoms with E-state index in [4.69, 9.17) is 16.7 Å². The Labute approximate surface area is 145 Å². The topological polar surface area (TPSA) is 86.7 Å². The van der Waals surface area contributed by atoms with Crippen LogP contribution >= 0.6 is 11.6 Å². The Hall–Kier alpha value is -2.08. The standard InChI is InChI=1S/C17H21ClN2O4/c1-11(17(23)24)9-19-15(21)13-3-2-8-20(10-13)16(22)12-4-6-14(18)7-5-12/h4-7,11,13H,2-3,8-10H2,1H3,(H,19,21)(H,23,24). The lowest BCUT2D eigenvalue weighted by molar-refractivity contribution is -0.141. The zero-order valence-electron chi connectivity index (χ0n) is 13.5. The minimum absolute atomic E-state index is 0.0931. The molecule has 2 rings (SSSR count). The monoisotopic (exact) mass is 352 g/mol. The first-order chi connectivity index (χ1) is 11.4. The molecule has 1 aromatic carbocycles. The largest absolute Gasteiger partial charge is 0.481 e. The van der Waals surface area contributed by atoms with Gasteiger partial charge in [-0.1, -0.05) is 18.5 Å². The number of hydrogen-bond acceptors (Lipinski definition) is 3. The van der Waals surface area contributed by atoms with Gasteiger partial charge in [0.05, 0.1) is 11.8 Å². The van der Waals surface area contributed by atoms with Crippen molar-refractivity contribution < 1.29 is 19.5 Å². The van der Waals surface area contributed by atoms with Crippen LogP contribution in [-0.2, 0) is 9.59 Å². The van der Waals surface area contributed by atoms with E-state index in [1.54, 1.807) is 36.1 Å². The molecule has 0 aromatic heterocycles. The van der Waals surface area contributed by atoms with Crippen molar-refractivity contribution in [2.24, 2.45) is 11.8 Å². The van der Waals surface area contributed by atoms with E-state index in [0.29, 0.717) is 30.1 Å². The van der Waals surface area contributed by atoms with Crippen LogP contribution in [0, 0.1) is 11.8 Å². The maximum atomic E-state index is 12.5. The van der Waals surface area contributed by atoms with E-state index in [1.807, 2.05) is 0 Å². The lowest BCUT2D eigenvalue weighted by Gasteiger charge is -2.32. The second-order valence-corrected chi connectivity index (χ2v) is 6.52. The lowest BCUT2D eigenvalue weighted by atomic mass is 9.96. The number of likely N-dealkylation sites (tertiary alicyclic amines) is 1. The van der Waals surface area contributed by atoms with Crippen LogP contribution in [0.4, 0.5) is 0 Å². The number of carbonyl (C=O) groups is 3. The molecule has 6 nitrogen and oxygen atoms in total. The molecule has 0 aliphatic carbocycles. The van der Waals surface area contributed by atoms with Crippen LogP contribution < -0.4 is 5.32 Å². The molecule has 2 atom stereocenters. The summed E-state index contributed by atoms with van der Waals surface area (Å²) in [6.45, 7) is 2.58. The molecule has 1 aromatic rings. The normalized spacial score (nSPS) is 18.8. The van der Waals surface area contributed by atoms with Crippen molar-refractivity contribution in [2.45, 2.75) is 19.8 Å². The van der Waals surface area contributed by atoms with Crippen molar-refractivity contribution in [3.63, 3.8) is 0 Å². The molecule has 7 heteroatoms. The number of carboxylic acid groups (broad SMARTS) is 1. The summed E-state index contributed by atoms with van der Waals surface area (Å²) in [5.41, 5.74) is 0.542. The first kappa shape index (κ1) is 18.3. The highest BCUT2D eigenvalue weighted by Crippen LogP contribution is 2.20. The second kappa shape index (κ2) is 8.15. The van der Waals surface area contributed by atoms with E-state index in [1.165, 1.54) is 0 Å². The van der Waals surface area contributed by atoms with Gasteiger partial charge in [0.25, 0.3) is 5.91 Å². The molecular formula is C17H21ClN2O4. The molecule has 2 amide bonds. The summed E-state index contributed by atoms with van der Waals surface area (Å²) >= 11 is 5.83. The van der Waals surface area contributed by atoms with E-state index in [9.17, 15) is 14.4 Å². The predicted molar refractivity (Wildman–Crippen MR) is 89.9 cm³/mol. The number of nitrogens with zero attached hydrogens (tertiary/aromatic N) is 1. The van der Waals surface area contributed by atoms with Gasteiger partial charge >= 0.3 is 5.97 Å². The number of piperidine rings is 1. The smallest absolute Gasteiger partial charge is 0.308 e. The molecule has 1 fully saturated rings. The molecule has 0 bridgehead atoms. The predicted octanol–water partition coefficient (Wildman–Crippen LogP) is 2.03. The number of hydrogen-bond donors (Lipinski definition) is 2. The Morgan fingerprint density at radius 1 is 1.33 bits per heavy atom. The Bertz CT molecular complexity index is 618. The van der Waals surface area contributed by atoms with Crippen LogP contribution in [-0.4, -0.2) is 47.4 Å². The molecule has 1 aliphatic rings. The first-order valence-electron chi connectivity index (χ1n) is 7.94. The van der Waals surface area contributed by atoms with E-state index < -0.39 is 11.9 Å². The molecule has 24 heavy (non-hydrogen) atoms. The van der Waals surface area contributed by atoms with Gasteiger partial charge in [-0.25, -0.2) is 0 Å². The Morgan fingerprint density at radius 3 is 2.62 bits per heavy atom. The van der Waals surface area contributed by atoms with Gasteiger partial charge < -0.3 is 15.3 Å². The van der Waals surface area contributed by atoms with Crippen molar-refractivity contribution in [3.05, 3.63) is 34.9 Å². The third-order valence-electron chi connectivity index (χ3n) is 4.17. The molecule has 0 spiro atoms. The molecule has 1 saturated heterocycles. The average molecular weight is 353 g/mol. The number of rotatable bonds is 5. The highest BCUT2D eigenvalue weighted by Gasteiger charge is 2.29. The van der Waals surface area contributed by atoms with Gasteiger partial charge in [-0.2, -0.15) is 0 Å². The molecule has 130 valence electrons. The summed E-state index contributed by atoms with van der Waals surface area (Å²) in [6, 6.07) is 6.66. The Balaban J connectivity index is 1.93. The van der Waals surface area contributed by atoms with Crippen LogP contribution in [0.5, 0.6) is 0 Å². The van der Waals surface area contributed by atoms with Crippen LogP contribution in [0.15, 0.2) is 24.3 Å². The lowest BCUT2D eigenvalue weighted by Crippen LogP contribution is -2.46. The van der Waals surface area contributed by atoms with Crippen molar-refractivity contribution in [2.75, 3.05) is 19.6 Å². The summed E-state index contributed by atoms with van der Waals surface area (Å²) in [5, 5.41) is 12.1. The first-order valence-corrected chi connectivity index (χ1v) is 8.31. The number of aliphatic carboxylic acids is 1. The number of benzene rings is 1. The van der Waals surface area contributed by atoms with Gasteiger partial charge in [0.2, 0.25) is 5.91 Å². The van der Waals surface area contributed by atoms with Crippen molar-refractivity contribution in [1.82, 2.24) is 10.2 Å². The molecule has 0 radical (unpaired) electrons. The van der Waals surface area contributed by atoms with Crippen molar-refractivity contribution >= 4 is 29.4 Å². The fraction of sp³-hybridized carbons (Fsp3) is 0.471. The van der Waals surface area contributed by atoms with Gasteiger partial charge in [0, 0.05) is 30.2 Å². The molecule has 0 saturated carbocycles. The fourth-order valence-corrected chi connectivity index (χ4v) is 2.76. The summed E-state index contributed by atoms with van der Waals surface area (Å²) in [4.78, 5) is 37.2. The zero-order valence-corrected chi connectivity index (χ0v) is 14.3. The fourth-order valence-electron chi connectivity index (χ4n) is 2.64. The minimum Gasteiger partial charge on any atom is -0.481 e. The van der Waals surface area contributed by atoms with E-state index in [2.05, 4.69) is 5.32 Å². The van der Waals surface area contributed by atoms with Gasteiger partial charge in [-0.15, -0.1) is 0 Å². The van der Waals surface area contributed by atoms with Gasteiger partial charge in [0.1, 0.15) is 0 Å². The second-order valence-electron chi connectivity index (χ2n) is 6.08. The quantitative estimate of drug-likeness (QED) is 0.848. The maximum Gasteiger partial charge on any atom is 0.308 e. The third kappa shape index (κ3) is 4.71. The minimum atomic E-state index is -0.946. The Morgan fingerprint density at radius 2 is 2.00 bits per heavy atom. The highest BCUT2D eigenvalue weighted by molar-refractivity contribution is 6.30. The zero-order chi connectivity index (χ0) is 17.7. The molecule has 1 aliphatic heterocycles.